The lowest BCUT2D eigenvalue weighted by atomic mass is 10.2. The summed E-state index contributed by atoms with van der Waals surface area (Å²) in [7, 11) is 0. The Morgan fingerprint density at radius 2 is 2.56 bits per heavy atom. The van der Waals surface area contributed by atoms with Crippen molar-refractivity contribution in [1.82, 2.24) is 5.32 Å². The van der Waals surface area contributed by atoms with Crippen LogP contribution < -0.4 is 5.32 Å². The molecule has 0 bridgehead atoms. The number of ether oxygens (including phenoxy) is 1. The molecule has 1 N–H and O–H groups in total. The maximum Gasteiger partial charge on any atom is 0.124 e. The molecule has 0 aromatic heterocycles. The summed E-state index contributed by atoms with van der Waals surface area (Å²) in [4.78, 5) is 0. The molecule has 2 heteroatoms. The van der Waals surface area contributed by atoms with Crippen LogP contribution in [0.1, 0.15) is 20.3 Å². The molecule has 0 saturated carbocycles. The molecule has 52 valence electrons. The van der Waals surface area contributed by atoms with Gasteiger partial charge in [0, 0.05) is 0 Å². The van der Waals surface area contributed by atoms with Crippen molar-refractivity contribution in [3.05, 3.63) is 11.8 Å². The van der Waals surface area contributed by atoms with E-state index in [4.69, 9.17) is 4.74 Å². The van der Waals surface area contributed by atoms with Crippen molar-refractivity contribution in [2.45, 2.75) is 26.5 Å². The Kier molecular flexibility index (Phi) is 2.11. The number of nitrogens with one attached hydrogen (secondary N) is 1. The van der Waals surface area contributed by atoms with Gasteiger partial charge in [0.25, 0.3) is 0 Å². The van der Waals surface area contributed by atoms with Gasteiger partial charge in [0.15, 0.2) is 0 Å². The van der Waals surface area contributed by atoms with Crippen LogP contribution in [0.3, 0.4) is 0 Å². The van der Waals surface area contributed by atoms with Gasteiger partial charge in [-0.05, 0) is 26.5 Å². The van der Waals surface area contributed by atoms with Crippen LogP contribution in [-0.2, 0) is 4.74 Å². The van der Waals surface area contributed by atoms with Gasteiger partial charge in [-0.3, -0.25) is 0 Å². The molecule has 0 amide bonds. The topological polar surface area (TPSA) is 21.3 Å². The third-order valence-electron chi connectivity index (χ3n) is 1.43. The monoisotopic (exact) mass is 127 g/mol. The van der Waals surface area contributed by atoms with Crippen molar-refractivity contribution < 1.29 is 4.74 Å². The Hall–Kier alpha value is -0.500. The van der Waals surface area contributed by atoms with E-state index in [0.29, 0.717) is 0 Å². The molecule has 1 heterocycles. The molecule has 0 aliphatic carbocycles. The Bertz CT molecular complexity index is 120. The second kappa shape index (κ2) is 2.87. The average Bonchev–Trinajstić information content (AvgIpc) is 1.97. The minimum Gasteiger partial charge on any atom is -0.367 e. The molecule has 0 unspecified atom stereocenters. The van der Waals surface area contributed by atoms with Crippen molar-refractivity contribution in [2.75, 3.05) is 6.61 Å². The van der Waals surface area contributed by atoms with Crippen LogP contribution in [0.5, 0.6) is 0 Å². The molecule has 1 aliphatic rings. The number of hydrogen-bond donors (Lipinski definition) is 1. The molecule has 2 nitrogen and oxygen atoms in total. The Labute approximate surface area is 55.9 Å². The van der Waals surface area contributed by atoms with E-state index in [1.54, 1.807) is 0 Å². The standard InChI is InChI=1S/C7H13NO/c1-6-3-4-9-7(2)8-5-6/h5,7-8H,3-4H2,1-2H3/t7-/m1/s1. The maximum absolute atomic E-state index is 5.31. The van der Waals surface area contributed by atoms with Crippen LogP contribution in [-0.4, -0.2) is 12.8 Å². The van der Waals surface area contributed by atoms with E-state index in [1.807, 2.05) is 13.1 Å². The zero-order valence-electron chi connectivity index (χ0n) is 5.98. The zero-order chi connectivity index (χ0) is 6.69. The molecule has 1 atom stereocenters. The first-order chi connectivity index (χ1) is 4.29. The van der Waals surface area contributed by atoms with E-state index in [2.05, 4.69) is 12.2 Å². The highest BCUT2D eigenvalue weighted by atomic mass is 16.5. The minimum absolute atomic E-state index is 0.183. The SMILES string of the molecule is CC1=CN[C@@H](C)OCC1. The van der Waals surface area contributed by atoms with E-state index in [-0.39, 0.29) is 6.23 Å². The van der Waals surface area contributed by atoms with Crippen molar-refractivity contribution in [3.63, 3.8) is 0 Å². The fraction of sp³-hybridized carbons (Fsp3) is 0.714. The lowest BCUT2D eigenvalue weighted by molar-refractivity contribution is 0.0598. The first-order valence-corrected chi connectivity index (χ1v) is 3.32. The van der Waals surface area contributed by atoms with E-state index in [1.165, 1.54) is 5.57 Å². The molecule has 0 spiro atoms. The molecule has 0 aromatic carbocycles. The molecular formula is C7H13NO. The lowest BCUT2D eigenvalue weighted by Crippen LogP contribution is -2.22. The third-order valence-corrected chi connectivity index (χ3v) is 1.43. The summed E-state index contributed by atoms with van der Waals surface area (Å²) in [6, 6.07) is 0. The van der Waals surface area contributed by atoms with Gasteiger partial charge < -0.3 is 10.1 Å². The van der Waals surface area contributed by atoms with Crippen LogP contribution in [0.2, 0.25) is 0 Å². The van der Waals surface area contributed by atoms with Crippen molar-refractivity contribution in [1.29, 1.82) is 0 Å². The number of rotatable bonds is 0. The van der Waals surface area contributed by atoms with Crippen molar-refractivity contribution in [3.8, 4) is 0 Å². The Morgan fingerprint density at radius 3 is 3.33 bits per heavy atom. The summed E-state index contributed by atoms with van der Waals surface area (Å²) in [5.41, 5.74) is 1.36. The van der Waals surface area contributed by atoms with Gasteiger partial charge in [-0.2, -0.15) is 0 Å². The summed E-state index contributed by atoms with van der Waals surface area (Å²) < 4.78 is 5.31. The minimum atomic E-state index is 0.183. The van der Waals surface area contributed by atoms with Gasteiger partial charge in [0.05, 0.1) is 6.61 Å². The van der Waals surface area contributed by atoms with Crippen LogP contribution >= 0.6 is 0 Å². The Morgan fingerprint density at radius 1 is 1.78 bits per heavy atom. The van der Waals surface area contributed by atoms with Crippen LogP contribution in [0.25, 0.3) is 0 Å². The number of hydrogen-bond acceptors (Lipinski definition) is 2. The fourth-order valence-electron chi connectivity index (χ4n) is 0.777. The second-order valence-corrected chi connectivity index (χ2v) is 2.42. The molecule has 0 radical (unpaired) electrons. The first-order valence-electron chi connectivity index (χ1n) is 3.32. The maximum atomic E-state index is 5.31. The van der Waals surface area contributed by atoms with Gasteiger partial charge in [-0.1, -0.05) is 5.57 Å². The molecule has 0 fully saturated rings. The molecule has 1 rings (SSSR count). The summed E-state index contributed by atoms with van der Waals surface area (Å²) >= 11 is 0. The largest absolute Gasteiger partial charge is 0.367 e. The van der Waals surface area contributed by atoms with Gasteiger partial charge in [-0.15, -0.1) is 0 Å². The predicted molar refractivity (Wildman–Crippen MR) is 36.9 cm³/mol. The highest BCUT2D eigenvalue weighted by Crippen LogP contribution is 2.03. The summed E-state index contributed by atoms with van der Waals surface area (Å²) in [5.74, 6) is 0. The fourth-order valence-corrected chi connectivity index (χ4v) is 0.777. The molecule has 9 heavy (non-hydrogen) atoms. The van der Waals surface area contributed by atoms with Gasteiger partial charge >= 0.3 is 0 Å². The zero-order valence-corrected chi connectivity index (χ0v) is 5.98. The predicted octanol–water partition coefficient (Wildman–Crippen LogP) is 1.25. The quantitative estimate of drug-likeness (QED) is 0.528. The van der Waals surface area contributed by atoms with Crippen LogP contribution in [0, 0.1) is 0 Å². The summed E-state index contributed by atoms with van der Waals surface area (Å²) in [5, 5.41) is 3.11. The highest BCUT2D eigenvalue weighted by molar-refractivity contribution is 4.97. The van der Waals surface area contributed by atoms with E-state index in [9.17, 15) is 0 Å². The van der Waals surface area contributed by atoms with Crippen LogP contribution in [0.4, 0.5) is 0 Å². The van der Waals surface area contributed by atoms with E-state index >= 15 is 0 Å². The average molecular weight is 127 g/mol. The first kappa shape index (κ1) is 6.62. The van der Waals surface area contributed by atoms with Crippen molar-refractivity contribution in [2.24, 2.45) is 0 Å². The highest BCUT2D eigenvalue weighted by Gasteiger charge is 2.02. The van der Waals surface area contributed by atoms with Gasteiger partial charge in [-0.25, -0.2) is 0 Å². The lowest BCUT2D eigenvalue weighted by Gasteiger charge is -2.08. The van der Waals surface area contributed by atoms with Gasteiger partial charge in [0.2, 0.25) is 0 Å². The third kappa shape index (κ3) is 2.06. The van der Waals surface area contributed by atoms with E-state index < -0.39 is 0 Å². The van der Waals surface area contributed by atoms with Crippen LogP contribution in [0.15, 0.2) is 11.8 Å². The second-order valence-electron chi connectivity index (χ2n) is 2.42. The van der Waals surface area contributed by atoms with E-state index in [0.717, 1.165) is 13.0 Å². The molecular weight excluding hydrogens is 114 g/mol. The normalized spacial score (nSPS) is 28.2. The van der Waals surface area contributed by atoms with Gasteiger partial charge in [0.1, 0.15) is 6.23 Å². The summed E-state index contributed by atoms with van der Waals surface area (Å²) in [6.45, 7) is 4.96. The molecule has 0 aromatic rings. The van der Waals surface area contributed by atoms with Crippen molar-refractivity contribution >= 4 is 0 Å². The molecule has 1 aliphatic heterocycles. The summed E-state index contributed by atoms with van der Waals surface area (Å²) in [6.07, 6.45) is 3.26. The smallest absolute Gasteiger partial charge is 0.124 e. The molecule has 0 saturated heterocycles. The Balaban J connectivity index is 2.42.